The molecule has 3 aliphatic rings. The van der Waals surface area contributed by atoms with E-state index in [0.717, 1.165) is 0 Å². The Labute approximate surface area is 80.6 Å². The van der Waals surface area contributed by atoms with E-state index < -0.39 is 15.6 Å². The van der Waals surface area contributed by atoms with E-state index in [2.05, 4.69) is 14.6 Å². The Kier molecular flexibility index (Phi) is 1.51. The molecule has 2 saturated heterocycles. The van der Waals surface area contributed by atoms with Gasteiger partial charge in [-0.1, -0.05) is 0 Å². The first-order valence-corrected chi connectivity index (χ1v) is 5.66. The Balaban J connectivity index is 2.10. The molecule has 0 bridgehead atoms. The largest absolute Gasteiger partial charge is 0.377 e. The normalized spacial score (nSPS) is 43.7. The van der Waals surface area contributed by atoms with E-state index in [1.165, 1.54) is 0 Å². The molecule has 2 fully saturated rings. The maximum atomic E-state index is 11.1. The second-order valence-corrected chi connectivity index (χ2v) is 5.04. The maximum Gasteiger partial charge on any atom is 0.321 e. The molecule has 1 spiro atoms. The first kappa shape index (κ1) is 8.60. The van der Waals surface area contributed by atoms with E-state index in [0.29, 0.717) is 19.0 Å². The number of hydrogen-bond donors (Lipinski definition) is 2. The Morgan fingerprint density at radius 2 is 2.43 bits per heavy atom. The molecule has 3 heterocycles. The van der Waals surface area contributed by atoms with Crippen molar-refractivity contribution in [1.82, 2.24) is 10.2 Å². The lowest BCUT2D eigenvalue weighted by Crippen LogP contribution is -2.51. The first-order valence-electron chi connectivity index (χ1n) is 4.22. The summed E-state index contributed by atoms with van der Waals surface area (Å²) in [5.41, 5.74) is 2.12. The zero-order valence-corrected chi connectivity index (χ0v) is 8.00. The van der Waals surface area contributed by atoms with Gasteiger partial charge in [-0.15, -0.1) is 4.40 Å². The fourth-order valence-electron chi connectivity index (χ4n) is 1.93. The molecule has 3 rings (SSSR count). The summed E-state index contributed by atoms with van der Waals surface area (Å²) in [6, 6.07) is 0. The molecule has 2 atom stereocenters. The Morgan fingerprint density at radius 3 is 3.29 bits per heavy atom. The lowest BCUT2D eigenvalue weighted by molar-refractivity contribution is 0.0128. The first-order chi connectivity index (χ1) is 6.62. The van der Waals surface area contributed by atoms with Gasteiger partial charge in [0, 0.05) is 6.54 Å². The summed E-state index contributed by atoms with van der Waals surface area (Å²) >= 11 is 0. The predicted molar refractivity (Wildman–Crippen MR) is 45.6 cm³/mol. The van der Waals surface area contributed by atoms with Gasteiger partial charge >= 0.3 is 10.2 Å². The van der Waals surface area contributed by atoms with Crippen molar-refractivity contribution >= 4 is 16.0 Å². The van der Waals surface area contributed by atoms with Crippen molar-refractivity contribution in [3.63, 3.8) is 0 Å². The summed E-state index contributed by atoms with van der Waals surface area (Å²) < 4.78 is 33.5. The van der Waals surface area contributed by atoms with Crippen LogP contribution in [0.25, 0.3) is 0 Å². The summed E-state index contributed by atoms with van der Waals surface area (Å²) in [5.74, 6) is 0.360. The summed E-state index contributed by atoms with van der Waals surface area (Å²) in [6.45, 7) is 1.19. The van der Waals surface area contributed by atoms with Gasteiger partial charge in [0.15, 0.2) is 5.84 Å². The second kappa shape index (κ2) is 2.45. The number of nitrogens with zero attached hydrogens (tertiary/aromatic N) is 1. The quantitative estimate of drug-likeness (QED) is 0.499. The lowest BCUT2D eigenvalue weighted by atomic mass is 9.85. The van der Waals surface area contributed by atoms with E-state index in [-0.39, 0.29) is 12.6 Å². The van der Waals surface area contributed by atoms with Crippen LogP contribution in [0.15, 0.2) is 4.40 Å². The Morgan fingerprint density at radius 1 is 1.57 bits per heavy atom. The summed E-state index contributed by atoms with van der Waals surface area (Å²) in [6.07, 6.45) is -0.149. The number of hydrogen-bond acceptors (Lipinski definition) is 5. The van der Waals surface area contributed by atoms with Crippen LogP contribution in [0.1, 0.15) is 0 Å². The highest BCUT2D eigenvalue weighted by molar-refractivity contribution is 7.88. The van der Waals surface area contributed by atoms with Crippen LogP contribution in [-0.4, -0.2) is 40.1 Å². The Bertz CT molecular complexity index is 405. The molecule has 0 radical (unpaired) electrons. The smallest absolute Gasteiger partial charge is 0.321 e. The third kappa shape index (κ3) is 0.962. The minimum Gasteiger partial charge on any atom is -0.377 e. The molecule has 7 nitrogen and oxygen atoms in total. The molecule has 0 saturated carbocycles. The third-order valence-corrected chi connectivity index (χ3v) is 3.73. The third-order valence-electron chi connectivity index (χ3n) is 2.80. The molecular formula is C6H9N3O4S. The average Bonchev–Trinajstić information content (AvgIpc) is 2.62. The van der Waals surface area contributed by atoms with Crippen LogP contribution in [0.3, 0.4) is 0 Å². The molecular weight excluding hydrogens is 210 g/mol. The number of nitrogens with one attached hydrogen (secondary N) is 2. The summed E-state index contributed by atoms with van der Waals surface area (Å²) in [4.78, 5) is 5.20. The van der Waals surface area contributed by atoms with E-state index in [9.17, 15) is 8.42 Å². The fourth-order valence-corrected chi connectivity index (χ4v) is 2.89. The highest BCUT2D eigenvalue weighted by Crippen LogP contribution is 2.37. The summed E-state index contributed by atoms with van der Waals surface area (Å²) in [5, 5.41) is 0. The standard InChI is InChI=1S/C6H9N3O4S/c10-14(11)7-2-6-3-12-1-4(6)13-8-5(6)9-14/h4,7H,1-3H2,(H,8,9). The number of ether oxygens (including phenoxy) is 1. The number of hydroxylamine groups is 1. The molecule has 0 aromatic rings. The highest BCUT2D eigenvalue weighted by atomic mass is 32.2. The zero-order chi connectivity index (χ0) is 9.81. The molecule has 0 aromatic carbocycles. The van der Waals surface area contributed by atoms with Crippen molar-refractivity contribution in [2.75, 3.05) is 19.8 Å². The van der Waals surface area contributed by atoms with Gasteiger partial charge in [0.25, 0.3) is 0 Å². The zero-order valence-electron chi connectivity index (χ0n) is 7.19. The molecule has 2 N–H and O–H groups in total. The van der Waals surface area contributed by atoms with Crippen molar-refractivity contribution in [3.05, 3.63) is 0 Å². The van der Waals surface area contributed by atoms with Gasteiger partial charge in [0.1, 0.15) is 6.10 Å². The fraction of sp³-hybridized carbons (Fsp3) is 0.833. The van der Waals surface area contributed by atoms with Crippen molar-refractivity contribution < 1.29 is 18.0 Å². The molecule has 2 unspecified atom stereocenters. The molecule has 8 heteroatoms. The minimum atomic E-state index is -3.54. The Hall–Kier alpha value is -0.700. The monoisotopic (exact) mass is 219 g/mol. The number of amidine groups is 1. The predicted octanol–water partition coefficient (Wildman–Crippen LogP) is -1.85. The van der Waals surface area contributed by atoms with Crippen molar-refractivity contribution in [1.29, 1.82) is 0 Å². The number of rotatable bonds is 0. The molecule has 0 amide bonds. The van der Waals surface area contributed by atoms with Crippen LogP contribution in [0.2, 0.25) is 0 Å². The van der Waals surface area contributed by atoms with Gasteiger partial charge in [0.05, 0.1) is 18.6 Å². The van der Waals surface area contributed by atoms with Crippen molar-refractivity contribution in [2.24, 2.45) is 9.81 Å². The van der Waals surface area contributed by atoms with Crippen LogP contribution in [0.4, 0.5) is 0 Å². The van der Waals surface area contributed by atoms with Crippen LogP contribution in [0.5, 0.6) is 0 Å². The minimum absolute atomic E-state index is 0.149. The second-order valence-electron chi connectivity index (χ2n) is 3.62. The van der Waals surface area contributed by atoms with Crippen molar-refractivity contribution in [3.8, 4) is 0 Å². The summed E-state index contributed by atoms with van der Waals surface area (Å²) in [7, 11) is -3.54. The molecule has 0 aromatic heterocycles. The van der Waals surface area contributed by atoms with Crippen LogP contribution < -0.4 is 10.2 Å². The molecule has 3 aliphatic heterocycles. The van der Waals surface area contributed by atoms with Crippen LogP contribution in [-0.2, 0) is 19.8 Å². The van der Waals surface area contributed by atoms with Gasteiger partial charge < -0.3 is 4.74 Å². The van der Waals surface area contributed by atoms with Gasteiger partial charge in [-0.05, 0) is 0 Å². The van der Waals surface area contributed by atoms with E-state index in [1.54, 1.807) is 0 Å². The molecule has 0 aliphatic carbocycles. The van der Waals surface area contributed by atoms with Gasteiger partial charge in [-0.3, -0.25) is 10.3 Å². The van der Waals surface area contributed by atoms with E-state index >= 15 is 0 Å². The highest BCUT2D eigenvalue weighted by Gasteiger charge is 2.57. The van der Waals surface area contributed by atoms with Crippen molar-refractivity contribution in [2.45, 2.75) is 6.10 Å². The van der Waals surface area contributed by atoms with Crippen LogP contribution in [0, 0.1) is 5.41 Å². The SMILES string of the molecule is O=S1(=O)N=C2NOC3COCC23CN1. The van der Waals surface area contributed by atoms with E-state index in [4.69, 9.17) is 9.57 Å². The molecule has 14 heavy (non-hydrogen) atoms. The molecule has 78 valence electrons. The van der Waals surface area contributed by atoms with Gasteiger partial charge in [0.2, 0.25) is 0 Å². The van der Waals surface area contributed by atoms with Gasteiger partial charge in [-0.2, -0.15) is 13.1 Å². The average molecular weight is 219 g/mol. The van der Waals surface area contributed by atoms with Gasteiger partial charge in [-0.25, -0.2) is 0 Å². The van der Waals surface area contributed by atoms with E-state index in [1.807, 2.05) is 0 Å². The van der Waals surface area contributed by atoms with Crippen LogP contribution >= 0.6 is 0 Å². The topological polar surface area (TPSA) is 89.0 Å². The maximum absolute atomic E-state index is 11.1. The lowest BCUT2D eigenvalue weighted by Gasteiger charge is -2.27.